The molecular formula is C16H21N5O2. The Labute approximate surface area is 135 Å². The minimum absolute atomic E-state index is 0.176. The molecule has 0 fully saturated rings. The molecule has 7 heteroatoms. The number of pyridine rings is 1. The van der Waals surface area contributed by atoms with Gasteiger partial charge in [0.15, 0.2) is 0 Å². The molecule has 2 heterocycles. The number of rotatable bonds is 5. The summed E-state index contributed by atoms with van der Waals surface area (Å²) in [6.45, 7) is 6.26. The SMILES string of the molecule is CC(C)(C)n1cc(C(=O)NCCC(=O)Nc2ccccn2)cn1. The van der Waals surface area contributed by atoms with E-state index in [1.807, 2.05) is 20.8 Å². The zero-order valence-corrected chi connectivity index (χ0v) is 13.5. The van der Waals surface area contributed by atoms with Crippen LogP contribution in [-0.4, -0.2) is 33.1 Å². The average molecular weight is 315 g/mol. The van der Waals surface area contributed by atoms with Gasteiger partial charge in [-0.15, -0.1) is 0 Å². The number of nitrogens with zero attached hydrogens (tertiary/aromatic N) is 3. The molecule has 2 rings (SSSR count). The highest BCUT2D eigenvalue weighted by molar-refractivity contribution is 5.94. The summed E-state index contributed by atoms with van der Waals surface area (Å²) in [7, 11) is 0. The van der Waals surface area contributed by atoms with E-state index in [4.69, 9.17) is 0 Å². The second-order valence-corrected chi connectivity index (χ2v) is 6.11. The summed E-state index contributed by atoms with van der Waals surface area (Å²) < 4.78 is 1.73. The molecule has 0 aliphatic rings. The lowest BCUT2D eigenvalue weighted by atomic mass is 10.1. The molecule has 23 heavy (non-hydrogen) atoms. The number of carbonyl (C=O) groups excluding carboxylic acids is 2. The maximum atomic E-state index is 12.0. The van der Waals surface area contributed by atoms with Crippen LogP contribution in [0.1, 0.15) is 37.6 Å². The van der Waals surface area contributed by atoms with Crippen molar-refractivity contribution in [1.82, 2.24) is 20.1 Å². The van der Waals surface area contributed by atoms with E-state index in [9.17, 15) is 9.59 Å². The van der Waals surface area contributed by atoms with Gasteiger partial charge >= 0.3 is 0 Å². The summed E-state index contributed by atoms with van der Waals surface area (Å²) in [5.74, 6) is 0.0517. The summed E-state index contributed by atoms with van der Waals surface area (Å²) in [4.78, 5) is 27.8. The van der Waals surface area contributed by atoms with Gasteiger partial charge < -0.3 is 10.6 Å². The minimum Gasteiger partial charge on any atom is -0.351 e. The van der Waals surface area contributed by atoms with Crippen molar-refractivity contribution in [3.63, 3.8) is 0 Å². The number of nitrogens with one attached hydrogen (secondary N) is 2. The van der Waals surface area contributed by atoms with E-state index in [0.29, 0.717) is 11.4 Å². The van der Waals surface area contributed by atoms with Gasteiger partial charge in [0.05, 0.1) is 17.3 Å². The number of amides is 2. The molecule has 0 aromatic carbocycles. The van der Waals surface area contributed by atoms with E-state index >= 15 is 0 Å². The molecular weight excluding hydrogens is 294 g/mol. The molecule has 7 nitrogen and oxygen atoms in total. The van der Waals surface area contributed by atoms with Crippen LogP contribution in [0.4, 0.5) is 5.82 Å². The average Bonchev–Trinajstić information content (AvgIpc) is 2.98. The summed E-state index contributed by atoms with van der Waals surface area (Å²) in [5, 5.41) is 9.54. The Kier molecular flexibility index (Phi) is 5.10. The minimum atomic E-state index is -0.244. The van der Waals surface area contributed by atoms with Gasteiger partial charge in [-0.2, -0.15) is 5.10 Å². The van der Waals surface area contributed by atoms with Gasteiger partial charge in [-0.1, -0.05) is 6.07 Å². The molecule has 2 amide bonds. The largest absolute Gasteiger partial charge is 0.351 e. The molecule has 2 aromatic rings. The van der Waals surface area contributed by atoms with Gasteiger partial charge in [-0.25, -0.2) is 4.98 Å². The summed E-state index contributed by atoms with van der Waals surface area (Å²) in [6.07, 6.45) is 5.00. The van der Waals surface area contributed by atoms with Crippen molar-refractivity contribution in [3.05, 3.63) is 42.4 Å². The first kappa shape index (κ1) is 16.7. The van der Waals surface area contributed by atoms with Gasteiger partial charge in [0, 0.05) is 25.4 Å². The monoisotopic (exact) mass is 315 g/mol. The standard InChI is InChI=1S/C16H21N5O2/c1-16(2,3)21-11-12(10-19-21)15(23)18-9-7-14(22)20-13-6-4-5-8-17-13/h4-6,8,10-11H,7,9H2,1-3H3,(H,18,23)(H,17,20,22). The third-order valence-corrected chi connectivity index (χ3v) is 3.10. The first-order valence-corrected chi connectivity index (χ1v) is 7.40. The van der Waals surface area contributed by atoms with Crippen LogP contribution in [-0.2, 0) is 10.3 Å². The van der Waals surface area contributed by atoms with Crippen LogP contribution >= 0.6 is 0 Å². The molecule has 0 saturated heterocycles. The Bertz CT molecular complexity index is 673. The van der Waals surface area contributed by atoms with Crippen molar-refractivity contribution in [2.75, 3.05) is 11.9 Å². The van der Waals surface area contributed by atoms with E-state index in [-0.39, 0.29) is 30.3 Å². The molecule has 0 unspecified atom stereocenters. The Morgan fingerprint density at radius 3 is 2.65 bits per heavy atom. The van der Waals surface area contributed by atoms with E-state index in [2.05, 4.69) is 20.7 Å². The molecule has 2 N–H and O–H groups in total. The third kappa shape index (κ3) is 4.91. The fourth-order valence-electron chi connectivity index (χ4n) is 1.84. The summed E-state index contributed by atoms with van der Waals surface area (Å²) in [6, 6.07) is 5.27. The fraction of sp³-hybridized carbons (Fsp3) is 0.375. The maximum absolute atomic E-state index is 12.0. The molecule has 0 radical (unpaired) electrons. The smallest absolute Gasteiger partial charge is 0.254 e. The van der Waals surface area contributed by atoms with Crippen LogP contribution in [0.3, 0.4) is 0 Å². The van der Waals surface area contributed by atoms with Crippen molar-refractivity contribution in [2.45, 2.75) is 32.7 Å². The first-order chi connectivity index (χ1) is 10.9. The lowest BCUT2D eigenvalue weighted by Gasteiger charge is -2.18. The van der Waals surface area contributed by atoms with Crippen molar-refractivity contribution >= 4 is 17.6 Å². The van der Waals surface area contributed by atoms with Crippen LogP contribution in [0.25, 0.3) is 0 Å². The summed E-state index contributed by atoms with van der Waals surface area (Å²) in [5.41, 5.74) is 0.297. The number of hydrogen-bond donors (Lipinski definition) is 2. The molecule has 2 aromatic heterocycles. The fourth-order valence-corrected chi connectivity index (χ4v) is 1.84. The van der Waals surface area contributed by atoms with Crippen molar-refractivity contribution < 1.29 is 9.59 Å². The highest BCUT2D eigenvalue weighted by Crippen LogP contribution is 2.13. The molecule has 0 aliphatic carbocycles. The second kappa shape index (κ2) is 7.04. The number of anilines is 1. The van der Waals surface area contributed by atoms with Crippen LogP contribution in [0.15, 0.2) is 36.8 Å². The van der Waals surface area contributed by atoms with Crippen molar-refractivity contribution in [3.8, 4) is 0 Å². The molecule has 122 valence electrons. The third-order valence-electron chi connectivity index (χ3n) is 3.10. The van der Waals surface area contributed by atoms with E-state index in [1.54, 1.807) is 35.3 Å². The van der Waals surface area contributed by atoms with Crippen LogP contribution in [0.5, 0.6) is 0 Å². The molecule has 0 aliphatic heterocycles. The highest BCUT2D eigenvalue weighted by Gasteiger charge is 2.16. The zero-order chi connectivity index (χ0) is 16.9. The van der Waals surface area contributed by atoms with E-state index in [1.165, 1.54) is 6.20 Å². The predicted molar refractivity (Wildman–Crippen MR) is 87.0 cm³/mol. The second-order valence-electron chi connectivity index (χ2n) is 6.11. The molecule has 0 spiro atoms. The maximum Gasteiger partial charge on any atom is 0.254 e. The van der Waals surface area contributed by atoms with Crippen LogP contribution in [0.2, 0.25) is 0 Å². The topological polar surface area (TPSA) is 88.9 Å². The van der Waals surface area contributed by atoms with Gasteiger partial charge in [0.25, 0.3) is 5.91 Å². The summed E-state index contributed by atoms with van der Waals surface area (Å²) >= 11 is 0. The van der Waals surface area contributed by atoms with E-state index < -0.39 is 0 Å². The lowest BCUT2D eigenvalue weighted by Crippen LogP contribution is -2.27. The number of aromatic nitrogens is 3. The van der Waals surface area contributed by atoms with Gasteiger partial charge in [0.1, 0.15) is 5.82 Å². The Morgan fingerprint density at radius 1 is 1.26 bits per heavy atom. The van der Waals surface area contributed by atoms with Crippen LogP contribution in [0, 0.1) is 0 Å². The van der Waals surface area contributed by atoms with Crippen LogP contribution < -0.4 is 10.6 Å². The Morgan fingerprint density at radius 2 is 2.04 bits per heavy atom. The Hall–Kier alpha value is -2.70. The highest BCUT2D eigenvalue weighted by atomic mass is 16.2. The molecule has 0 saturated carbocycles. The van der Waals surface area contributed by atoms with Crippen molar-refractivity contribution in [2.24, 2.45) is 0 Å². The van der Waals surface area contributed by atoms with Crippen molar-refractivity contribution in [1.29, 1.82) is 0 Å². The van der Waals surface area contributed by atoms with Gasteiger partial charge in [-0.3, -0.25) is 14.3 Å². The normalized spacial score (nSPS) is 11.1. The van der Waals surface area contributed by atoms with Gasteiger partial charge in [-0.05, 0) is 32.9 Å². The number of carbonyl (C=O) groups is 2. The molecule has 0 atom stereocenters. The van der Waals surface area contributed by atoms with E-state index in [0.717, 1.165) is 0 Å². The first-order valence-electron chi connectivity index (χ1n) is 7.40. The Balaban J connectivity index is 1.78. The predicted octanol–water partition coefficient (Wildman–Crippen LogP) is 1.79. The van der Waals surface area contributed by atoms with Gasteiger partial charge in [0.2, 0.25) is 5.91 Å². The quantitative estimate of drug-likeness (QED) is 0.880. The lowest BCUT2D eigenvalue weighted by molar-refractivity contribution is -0.116. The molecule has 0 bridgehead atoms. The zero-order valence-electron chi connectivity index (χ0n) is 13.5. The number of hydrogen-bond acceptors (Lipinski definition) is 4.